The highest BCUT2D eigenvalue weighted by Gasteiger charge is 2.23. The number of rotatable bonds is 6. The molecule has 1 heterocycles. The summed E-state index contributed by atoms with van der Waals surface area (Å²) in [6.07, 6.45) is 2.19. The molecule has 4 aromatic rings. The molecule has 0 saturated heterocycles. The molecule has 3 aromatic carbocycles. The van der Waals surface area contributed by atoms with Gasteiger partial charge in [-0.05, 0) is 60.6 Å². The minimum absolute atomic E-state index is 0.0992. The number of halogens is 2. The van der Waals surface area contributed by atoms with Crippen LogP contribution in [-0.2, 0) is 4.74 Å². The Morgan fingerprint density at radius 3 is 2.35 bits per heavy atom. The Balaban J connectivity index is 1.30. The smallest absolute Gasteiger partial charge is 0.413 e. The van der Waals surface area contributed by atoms with Gasteiger partial charge in [0.05, 0.1) is 11.9 Å². The molecule has 1 aliphatic carbocycles. The minimum Gasteiger partial charge on any atom is -0.441 e. The number of ether oxygens (including phenoxy) is 1. The summed E-state index contributed by atoms with van der Waals surface area (Å²) < 4.78 is 21.2. The highest BCUT2D eigenvalue weighted by atomic mass is 35.5. The van der Waals surface area contributed by atoms with Crippen molar-refractivity contribution in [2.24, 2.45) is 0 Å². The van der Waals surface area contributed by atoms with Crippen LogP contribution in [0.1, 0.15) is 42.9 Å². The Bertz CT molecular complexity index is 1310. The van der Waals surface area contributed by atoms with Crippen LogP contribution in [0.4, 0.5) is 15.0 Å². The monoisotopic (exact) mass is 475 g/mol. The molecule has 1 N–H and O–H groups in total. The van der Waals surface area contributed by atoms with Gasteiger partial charge in [0.1, 0.15) is 6.10 Å². The van der Waals surface area contributed by atoms with E-state index in [0.717, 1.165) is 23.2 Å². The molecule has 0 aliphatic heterocycles. The Kier molecular flexibility index (Phi) is 6.07. The van der Waals surface area contributed by atoms with Crippen molar-refractivity contribution in [3.05, 3.63) is 101 Å². The molecule has 1 unspecified atom stereocenters. The summed E-state index contributed by atoms with van der Waals surface area (Å²) in [5, 5.41) is 7.04. The molecule has 5 nitrogen and oxygen atoms in total. The zero-order valence-electron chi connectivity index (χ0n) is 18.5. The number of carbonyl (C=O) groups is 1. The van der Waals surface area contributed by atoms with Gasteiger partial charge in [0.15, 0.2) is 11.6 Å². The maximum absolute atomic E-state index is 14.5. The third-order valence-electron chi connectivity index (χ3n) is 5.98. The van der Waals surface area contributed by atoms with E-state index in [1.54, 1.807) is 31.2 Å². The number of hydrogen-bond donors (Lipinski definition) is 1. The molecule has 5 rings (SSSR count). The van der Waals surface area contributed by atoms with E-state index >= 15 is 0 Å². The quantitative estimate of drug-likeness (QED) is 0.313. The van der Waals surface area contributed by atoms with E-state index < -0.39 is 18.0 Å². The molecule has 1 amide bonds. The Morgan fingerprint density at radius 2 is 1.71 bits per heavy atom. The van der Waals surface area contributed by atoms with Crippen LogP contribution >= 0.6 is 11.6 Å². The lowest BCUT2D eigenvalue weighted by molar-refractivity contribution is 0.121. The van der Waals surface area contributed by atoms with Crippen molar-refractivity contribution in [2.75, 3.05) is 5.32 Å². The lowest BCUT2D eigenvalue weighted by Crippen LogP contribution is -2.19. The average Bonchev–Trinajstić information content (AvgIpc) is 3.64. The van der Waals surface area contributed by atoms with Gasteiger partial charge in [-0.15, -0.1) is 0 Å². The van der Waals surface area contributed by atoms with Crippen molar-refractivity contribution >= 4 is 23.5 Å². The number of nitrogens with one attached hydrogen (secondary N) is 1. The molecule has 0 bridgehead atoms. The summed E-state index contributed by atoms with van der Waals surface area (Å²) in [6.45, 7) is 1.70. The van der Waals surface area contributed by atoms with Crippen molar-refractivity contribution in [3.63, 3.8) is 0 Å². The van der Waals surface area contributed by atoms with E-state index in [1.807, 2.05) is 24.3 Å². The van der Waals surface area contributed by atoms with Gasteiger partial charge >= 0.3 is 6.09 Å². The number of carbonyl (C=O) groups excluding carboxylic acids is 1. The lowest BCUT2D eigenvalue weighted by Gasteiger charge is -2.16. The molecule has 1 aliphatic rings. The highest BCUT2D eigenvalue weighted by Crippen LogP contribution is 2.40. The second-order valence-corrected chi connectivity index (χ2v) is 8.80. The van der Waals surface area contributed by atoms with Crippen LogP contribution in [0.5, 0.6) is 0 Å². The van der Waals surface area contributed by atoms with Crippen LogP contribution in [0, 0.1) is 5.82 Å². The number of amides is 1. The van der Waals surface area contributed by atoms with Crippen LogP contribution in [0.25, 0.3) is 16.8 Å². The Labute approximate surface area is 202 Å². The molecule has 0 radical (unpaired) electrons. The highest BCUT2D eigenvalue weighted by molar-refractivity contribution is 6.31. The van der Waals surface area contributed by atoms with Gasteiger partial charge in [-0.3, -0.25) is 5.32 Å². The fourth-order valence-electron chi connectivity index (χ4n) is 3.95. The summed E-state index contributed by atoms with van der Waals surface area (Å²) in [5.74, 6) is -0.0450. The van der Waals surface area contributed by atoms with Crippen molar-refractivity contribution in [1.29, 1.82) is 0 Å². The van der Waals surface area contributed by atoms with Crippen LogP contribution in [0.2, 0.25) is 5.02 Å². The molecular weight excluding hydrogens is 453 g/mol. The van der Waals surface area contributed by atoms with Crippen molar-refractivity contribution in [3.8, 4) is 16.8 Å². The molecule has 0 spiro atoms. The van der Waals surface area contributed by atoms with Crippen LogP contribution in [-0.4, -0.2) is 15.9 Å². The number of anilines is 1. The first-order chi connectivity index (χ1) is 16.5. The molecule has 1 aromatic heterocycles. The third-order valence-corrected chi connectivity index (χ3v) is 6.32. The molecule has 1 saturated carbocycles. The summed E-state index contributed by atoms with van der Waals surface area (Å²) in [5.41, 5.74) is 4.81. The third kappa shape index (κ3) is 4.68. The van der Waals surface area contributed by atoms with Crippen LogP contribution < -0.4 is 5.32 Å². The van der Waals surface area contributed by atoms with Gasteiger partial charge < -0.3 is 4.74 Å². The Morgan fingerprint density at radius 1 is 1.06 bits per heavy atom. The summed E-state index contributed by atoms with van der Waals surface area (Å²) in [4.78, 5) is 12.5. The average molecular weight is 476 g/mol. The van der Waals surface area contributed by atoms with Crippen molar-refractivity contribution < 1.29 is 13.9 Å². The van der Waals surface area contributed by atoms with E-state index in [4.69, 9.17) is 16.3 Å². The molecule has 34 heavy (non-hydrogen) atoms. The van der Waals surface area contributed by atoms with Crippen molar-refractivity contribution in [2.45, 2.75) is 31.8 Å². The van der Waals surface area contributed by atoms with E-state index in [1.165, 1.54) is 23.1 Å². The maximum Gasteiger partial charge on any atom is 0.413 e. The molecule has 172 valence electrons. The topological polar surface area (TPSA) is 56.1 Å². The number of benzene rings is 3. The molecule has 7 heteroatoms. The predicted molar refractivity (Wildman–Crippen MR) is 131 cm³/mol. The summed E-state index contributed by atoms with van der Waals surface area (Å²) in [6, 6.07) is 23.3. The van der Waals surface area contributed by atoms with Gasteiger partial charge in [0.2, 0.25) is 0 Å². The zero-order chi connectivity index (χ0) is 23.7. The zero-order valence-corrected chi connectivity index (χ0v) is 19.3. The van der Waals surface area contributed by atoms with Gasteiger partial charge in [-0.1, -0.05) is 66.2 Å². The number of aromatic nitrogens is 2. The second-order valence-electron chi connectivity index (χ2n) is 8.39. The normalized spacial score (nSPS) is 14.0. The van der Waals surface area contributed by atoms with E-state index in [0.29, 0.717) is 16.3 Å². The van der Waals surface area contributed by atoms with Gasteiger partial charge in [0, 0.05) is 10.6 Å². The van der Waals surface area contributed by atoms with Gasteiger partial charge in [-0.25, -0.2) is 13.9 Å². The first kappa shape index (κ1) is 22.2. The second kappa shape index (κ2) is 9.31. The lowest BCUT2D eigenvalue weighted by atomic mass is 10.0. The number of hydrogen-bond acceptors (Lipinski definition) is 3. The molecule has 1 atom stereocenters. The molecular formula is C27H23ClFN3O2. The summed E-state index contributed by atoms with van der Waals surface area (Å²) >= 11 is 6.17. The summed E-state index contributed by atoms with van der Waals surface area (Å²) in [7, 11) is 0. The first-order valence-corrected chi connectivity index (χ1v) is 11.5. The minimum atomic E-state index is -0.805. The molecule has 1 fully saturated rings. The van der Waals surface area contributed by atoms with Crippen LogP contribution in [0.3, 0.4) is 0 Å². The number of nitrogens with zero attached hydrogens (tertiary/aromatic N) is 2. The fraction of sp³-hybridized carbons (Fsp3) is 0.185. The van der Waals surface area contributed by atoms with E-state index in [2.05, 4.69) is 34.7 Å². The van der Waals surface area contributed by atoms with Crippen LogP contribution in [0.15, 0.2) is 79.0 Å². The van der Waals surface area contributed by atoms with Gasteiger partial charge in [-0.2, -0.15) is 5.10 Å². The fourth-order valence-corrected chi connectivity index (χ4v) is 4.24. The Hall–Kier alpha value is -3.64. The van der Waals surface area contributed by atoms with E-state index in [-0.39, 0.29) is 5.82 Å². The van der Waals surface area contributed by atoms with Crippen molar-refractivity contribution in [1.82, 2.24) is 9.78 Å². The van der Waals surface area contributed by atoms with E-state index in [9.17, 15) is 9.18 Å². The maximum atomic E-state index is 14.5. The SMILES string of the molecule is CC(OC(=O)Nc1c(F)cnn1-c1ccc(-c2ccc(C3CC3)cc2)cc1)c1ccccc1Cl. The predicted octanol–water partition coefficient (Wildman–Crippen LogP) is 7.52. The standard InChI is InChI=1S/C27H23ClFN3O2/c1-17(23-4-2-3-5-24(23)28)34-27(33)31-26-25(29)16-30-32(26)22-14-12-21(13-15-22)20-10-8-19(9-11-20)18-6-7-18/h2-5,8-18H,6-7H2,1H3,(H,31,33). The van der Waals surface area contributed by atoms with Gasteiger partial charge in [0.25, 0.3) is 0 Å². The largest absolute Gasteiger partial charge is 0.441 e. The first-order valence-electron chi connectivity index (χ1n) is 11.2.